The van der Waals surface area contributed by atoms with Crippen molar-refractivity contribution in [2.24, 2.45) is 0 Å². The van der Waals surface area contributed by atoms with Crippen molar-refractivity contribution in [2.75, 3.05) is 18.0 Å². The van der Waals surface area contributed by atoms with Gasteiger partial charge in [0.25, 0.3) is 10.0 Å². The van der Waals surface area contributed by atoms with Gasteiger partial charge in [-0.3, -0.25) is 9.10 Å². The lowest BCUT2D eigenvalue weighted by Gasteiger charge is -2.26. The number of hydrogen-bond acceptors (Lipinski definition) is 4. The minimum absolute atomic E-state index is 0.128. The molecule has 0 unspecified atom stereocenters. The molecule has 3 aromatic carbocycles. The van der Waals surface area contributed by atoms with Crippen molar-refractivity contribution < 1.29 is 17.9 Å². The predicted octanol–water partition coefficient (Wildman–Crippen LogP) is 5.54. The third-order valence-corrected chi connectivity index (χ3v) is 7.84. The van der Waals surface area contributed by atoms with Crippen molar-refractivity contribution >= 4 is 37.5 Å². The number of nitrogens with one attached hydrogen (secondary N) is 1. The molecular weight excluding hydrogens is 516 g/mol. The number of benzene rings is 3. The second kappa shape index (κ2) is 11.1. The van der Waals surface area contributed by atoms with Crippen LogP contribution < -0.4 is 14.4 Å². The van der Waals surface area contributed by atoms with Crippen LogP contribution in [-0.2, 0) is 14.8 Å². The van der Waals surface area contributed by atoms with Crippen molar-refractivity contribution in [2.45, 2.75) is 38.1 Å². The molecule has 0 aliphatic rings. The van der Waals surface area contributed by atoms with Gasteiger partial charge in [-0.25, -0.2) is 8.42 Å². The van der Waals surface area contributed by atoms with E-state index in [0.29, 0.717) is 12.1 Å². The average Bonchev–Trinajstić information content (AvgIpc) is 2.81. The van der Waals surface area contributed by atoms with Crippen LogP contribution in [0, 0.1) is 13.8 Å². The van der Waals surface area contributed by atoms with Crippen molar-refractivity contribution in [3.05, 3.63) is 87.9 Å². The SMILES string of the molecule is CC[C@H](NC(=O)CN(c1cccc(Br)c1)S(=O)(=O)c1ccc(C)cc1)c1ccc(OC)c(C)c1. The van der Waals surface area contributed by atoms with Gasteiger partial charge in [0.1, 0.15) is 12.3 Å². The van der Waals surface area contributed by atoms with Gasteiger partial charge in [0.05, 0.1) is 23.7 Å². The highest BCUT2D eigenvalue weighted by Gasteiger charge is 2.28. The van der Waals surface area contributed by atoms with Crippen LogP contribution in [0.5, 0.6) is 5.75 Å². The second-order valence-electron chi connectivity index (χ2n) is 8.06. The number of anilines is 1. The van der Waals surface area contributed by atoms with E-state index in [1.807, 2.05) is 39.0 Å². The van der Waals surface area contributed by atoms with Crippen LogP contribution in [0.3, 0.4) is 0 Å². The van der Waals surface area contributed by atoms with E-state index < -0.39 is 15.9 Å². The fraction of sp³-hybridized carbons (Fsp3) is 0.269. The van der Waals surface area contributed by atoms with Gasteiger partial charge in [0, 0.05) is 4.47 Å². The molecule has 3 rings (SSSR count). The summed E-state index contributed by atoms with van der Waals surface area (Å²) in [7, 11) is -2.35. The molecule has 0 aliphatic heterocycles. The zero-order chi connectivity index (χ0) is 24.9. The summed E-state index contributed by atoms with van der Waals surface area (Å²) < 4.78 is 34.3. The number of sulfonamides is 1. The summed E-state index contributed by atoms with van der Waals surface area (Å²) >= 11 is 3.40. The maximum absolute atomic E-state index is 13.5. The maximum Gasteiger partial charge on any atom is 0.264 e. The quantitative estimate of drug-likeness (QED) is 0.383. The summed E-state index contributed by atoms with van der Waals surface area (Å²) in [6, 6.07) is 19.0. The number of carbonyl (C=O) groups is 1. The number of nitrogens with zero attached hydrogens (tertiary/aromatic N) is 1. The lowest BCUT2D eigenvalue weighted by atomic mass is 10.0. The molecule has 0 heterocycles. The van der Waals surface area contributed by atoms with E-state index in [0.717, 1.165) is 31.2 Å². The van der Waals surface area contributed by atoms with Gasteiger partial charge in [-0.1, -0.05) is 58.7 Å². The van der Waals surface area contributed by atoms with Crippen molar-refractivity contribution in [3.63, 3.8) is 0 Å². The summed E-state index contributed by atoms with van der Waals surface area (Å²) in [4.78, 5) is 13.3. The number of amides is 1. The molecule has 180 valence electrons. The Kier molecular flexibility index (Phi) is 8.38. The van der Waals surface area contributed by atoms with Crippen LogP contribution in [-0.4, -0.2) is 28.0 Å². The number of aryl methyl sites for hydroxylation is 2. The lowest BCUT2D eigenvalue weighted by molar-refractivity contribution is -0.120. The van der Waals surface area contributed by atoms with Crippen LogP contribution in [0.1, 0.15) is 36.1 Å². The molecule has 34 heavy (non-hydrogen) atoms. The maximum atomic E-state index is 13.5. The first-order valence-electron chi connectivity index (χ1n) is 10.9. The lowest BCUT2D eigenvalue weighted by Crippen LogP contribution is -2.42. The molecular formula is C26H29BrN2O4S. The molecule has 0 bridgehead atoms. The van der Waals surface area contributed by atoms with Crippen molar-refractivity contribution in [1.82, 2.24) is 5.32 Å². The van der Waals surface area contributed by atoms with Gasteiger partial charge in [-0.15, -0.1) is 0 Å². The van der Waals surface area contributed by atoms with E-state index in [-0.39, 0.29) is 17.5 Å². The Balaban J connectivity index is 1.90. The van der Waals surface area contributed by atoms with E-state index in [4.69, 9.17) is 4.74 Å². The number of halogens is 1. The molecule has 6 nitrogen and oxygen atoms in total. The normalized spacial score (nSPS) is 12.1. The van der Waals surface area contributed by atoms with Crippen LogP contribution in [0.2, 0.25) is 0 Å². The number of carbonyl (C=O) groups excluding carboxylic acids is 1. The van der Waals surface area contributed by atoms with Gasteiger partial charge in [-0.2, -0.15) is 0 Å². The summed E-state index contributed by atoms with van der Waals surface area (Å²) in [5.41, 5.74) is 3.25. The summed E-state index contributed by atoms with van der Waals surface area (Å²) in [5.74, 6) is 0.380. The first kappa shape index (κ1) is 25.8. The van der Waals surface area contributed by atoms with Crippen LogP contribution in [0.4, 0.5) is 5.69 Å². The van der Waals surface area contributed by atoms with Gasteiger partial charge < -0.3 is 10.1 Å². The Labute approximate surface area is 210 Å². The Bertz CT molecular complexity index is 1260. The number of hydrogen-bond donors (Lipinski definition) is 1. The fourth-order valence-electron chi connectivity index (χ4n) is 3.69. The molecule has 1 amide bonds. The number of ether oxygens (including phenoxy) is 1. The zero-order valence-corrected chi connectivity index (χ0v) is 22.1. The molecule has 0 saturated carbocycles. The summed E-state index contributed by atoms with van der Waals surface area (Å²) in [6.07, 6.45) is 0.652. The average molecular weight is 545 g/mol. The predicted molar refractivity (Wildman–Crippen MR) is 139 cm³/mol. The highest BCUT2D eigenvalue weighted by Crippen LogP contribution is 2.27. The molecule has 0 spiro atoms. The van der Waals surface area contributed by atoms with Gasteiger partial charge >= 0.3 is 0 Å². The molecule has 3 aromatic rings. The van der Waals surface area contributed by atoms with Gasteiger partial charge in [-0.05, 0) is 67.8 Å². The van der Waals surface area contributed by atoms with E-state index in [9.17, 15) is 13.2 Å². The Morgan fingerprint density at radius 2 is 1.76 bits per heavy atom. The molecule has 8 heteroatoms. The molecule has 0 radical (unpaired) electrons. The highest BCUT2D eigenvalue weighted by molar-refractivity contribution is 9.10. The summed E-state index contributed by atoms with van der Waals surface area (Å²) in [6.45, 7) is 5.46. The fourth-order valence-corrected chi connectivity index (χ4v) is 5.49. The molecule has 0 aromatic heterocycles. The molecule has 0 fully saturated rings. The Morgan fingerprint density at radius 3 is 2.35 bits per heavy atom. The first-order valence-corrected chi connectivity index (χ1v) is 13.2. The van der Waals surface area contributed by atoms with E-state index >= 15 is 0 Å². The van der Waals surface area contributed by atoms with Crippen LogP contribution in [0.15, 0.2) is 76.1 Å². The second-order valence-corrected chi connectivity index (χ2v) is 10.8. The third kappa shape index (κ3) is 5.98. The van der Waals surface area contributed by atoms with Crippen molar-refractivity contribution in [1.29, 1.82) is 0 Å². The van der Waals surface area contributed by atoms with E-state index in [1.54, 1.807) is 55.6 Å². The Hall–Kier alpha value is -2.84. The minimum Gasteiger partial charge on any atom is -0.496 e. The molecule has 0 aliphatic carbocycles. The molecule has 1 atom stereocenters. The van der Waals surface area contributed by atoms with Crippen LogP contribution >= 0.6 is 15.9 Å². The number of methoxy groups -OCH3 is 1. The standard InChI is InChI=1S/C26H29BrN2O4S/c1-5-24(20-11-14-25(33-4)19(3)15-20)28-26(30)17-29(22-8-6-7-21(27)16-22)34(31,32)23-12-9-18(2)10-13-23/h6-16,24H,5,17H2,1-4H3,(H,28,30)/t24-/m0/s1. The highest BCUT2D eigenvalue weighted by atomic mass is 79.9. The Morgan fingerprint density at radius 1 is 1.06 bits per heavy atom. The van der Waals surface area contributed by atoms with E-state index in [1.165, 1.54) is 0 Å². The third-order valence-electron chi connectivity index (χ3n) is 5.56. The zero-order valence-electron chi connectivity index (χ0n) is 19.7. The smallest absolute Gasteiger partial charge is 0.264 e. The largest absolute Gasteiger partial charge is 0.496 e. The minimum atomic E-state index is -3.97. The topological polar surface area (TPSA) is 75.7 Å². The summed E-state index contributed by atoms with van der Waals surface area (Å²) in [5, 5.41) is 3.00. The first-order chi connectivity index (χ1) is 16.1. The monoisotopic (exact) mass is 544 g/mol. The number of rotatable bonds is 9. The van der Waals surface area contributed by atoms with E-state index in [2.05, 4.69) is 21.2 Å². The molecule has 1 N–H and O–H groups in total. The van der Waals surface area contributed by atoms with Gasteiger partial charge in [0.15, 0.2) is 0 Å². The van der Waals surface area contributed by atoms with Crippen molar-refractivity contribution in [3.8, 4) is 5.75 Å². The van der Waals surface area contributed by atoms with Gasteiger partial charge in [0.2, 0.25) is 5.91 Å². The van der Waals surface area contributed by atoms with Crippen LogP contribution in [0.25, 0.3) is 0 Å². The molecule has 0 saturated heterocycles.